The van der Waals surface area contributed by atoms with Gasteiger partial charge in [-0.3, -0.25) is 0 Å². The molecule has 0 saturated heterocycles. The van der Waals surface area contributed by atoms with Crippen molar-refractivity contribution in [3.63, 3.8) is 0 Å². The lowest BCUT2D eigenvalue weighted by atomic mass is 10.0. The first-order chi connectivity index (χ1) is 11.9. The number of halogens is 3. The summed E-state index contributed by atoms with van der Waals surface area (Å²) in [7, 11) is 0. The van der Waals surface area contributed by atoms with E-state index < -0.39 is 23.4 Å². The molecule has 0 fully saturated rings. The van der Waals surface area contributed by atoms with E-state index in [-0.39, 0.29) is 28.4 Å². The lowest BCUT2D eigenvalue weighted by Crippen LogP contribution is -2.02. The fraction of sp³-hybridized carbons (Fsp3) is 0.167. The number of hydrogen-bond donors (Lipinski definition) is 1. The Kier molecular flexibility index (Phi) is 4.67. The van der Waals surface area contributed by atoms with Gasteiger partial charge in [0.2, 0.25) is 5.82 Å². The van der Waals surface area contributed by atoms with Gasteiger partial charge in [-0.1, -0.05) is 6.92 Å². The molecule has 0 aliphatic rings. The van der Waals surface area contributed by atoms with Crippen LogP contribution < -0.4 is 4.74 Å². The van der Waals surface area contributed by atoms with Crippen LogP contribution in [0.15, 0.2) is 30.3 Å². The molecule has 0 aliphatic heterocycles. The molecule has 3 rings (SSSR count). The van der Waals surface area contributed by atoms with Gasteiger partial charge in [-0.25, -0.2) is 13.6 Å². The number of thiophene rings is 1. The molecule has 0 saturated carbocycles. The normalized spacial score (nSPS) is 11.0. The van der Waals surface area contributed by atoms with Gasteiger partial charge in [0.1, 0.15) is 10.7 Å². The van der Waals surface area contributed by atoms with E-state index in [1.807, 2.05) is 6.92 Å². The molecular formula is C18H13F3O3S. The summed E-state index contributed by atoms with van der Waals surface area (Å²) in [6.45, 7) is 2.06. The van der Waals surface area contributed by atoms with Crippen LogP contribution in [0.2, 0.25) is 0 Å². The van der Waals surface area contributed by atoms with Crippen molar-refractivity contribution in [3.8, 4) is 16.9 Å². The highest BCUT2D eigenvalue weighted by molar-refractivity contribution is 7.21. The zero-order valence-electron chi connectivity index (χ0n) is 13.1. The molecule has 2 aromatic carbocycles. The van der Waals surface area contributed by atoms with E-state index in [1.165, 1.54) is 24.3 Å². The van der Waals surface area contributed by atoms with Crippen LogP contribution in [0.4, 0.5) is 13.2 Å². The molecular weight excluding hydrogens is 353 g/mol. The van der Waals surface area contributed by atoms with Crippen LogP contribution in [0.5, 0.6) is 5.75 Å². The van der Waals surface area contributed by atoms with Crippen molar-refractivity contribution in [1.29, 1.82) is 0 Å². The van der Waals surface area contributed by atoms with Crippen molar-refractivity contribution in [1.82, 2.24) is 0 Å². The Morgan fingerprint density at radius 3 is 2.60 bits per heavy atom. The molecule has 3 nitrogen and oxygen atoms in total. The largest absolute Gasteiger partial charge is 0.490 e. The minimum Gasteiger partial charge on any atom is -0.490 e. The summed E-state index contributed by atoms with van der Waals surface area (Å²) < 4.78 is 47.7. The molecule has 0 aliphatic carbocycles. The second-order valence-corrected chi connectivity index (χ2v) is 6.39. The number of aromatic carboxylic acids is 1. The summed E-state index contributed by atoms with van der Waals surface area (Å²) in [5.74, 6) is -4.43. The van der Waals surface area contributed by atoms with Crippen molar-refractivity contribution < 1.29 is 27.8 Å². The van der Waals surface area contributed by atoms with Gasteiger partial charge in [0.25, 0.3) is 0 Å². The van der Waals surface area contributed by atoms with E-state index in [4.69, 9.17) is 4.74 Å². The fourth-order valence-corrected chi connectivity index (χ4v) is 3.62. The molecule has 1 N–H and O–H groups in total. The zero-order chi connectivity index (χ0) is 18.1. The number of hydrogen-bond acceptors (Lipinski definition) is 3. The zero-order valence-corrected chi connectivity index (χ0v) is 13.9. The Labute approximate surface area is 145 Å². The first-order valence-electron chi connectivity index (χ1n) is 7.50. The third-order valence-electron chi connectivity index (χ3n) is 3.62. The highest BCUT2D eigenvalue weighted by atomic mass is 32.1. The second kappa shape index (κ2) is 6.76. The molecule has 0 unspecified atom stereocenters. The van der Waals surface area contributed by atoms with Crippen molar-refractivity contribution >= 4 is 27.4 Å². The van der Waals surface area contributed by atoms with E-state index >= 15 is 0 Å². The molecule has 0 bridgehead atoms. The molecule has 0 radical (unpaired) electrons. The second-order valence-electron chi connectivity index (χ2n) is 5.34. The molecule has 1 aromatic heterocycles. The maximum Gasteiger partial charge on any atom is 0.346 e. The monoisotopic (exact) mass is 366 g/mol. The van der Waals surface area contributed by atoms with Gasteiger partial charge in [0.05, 0.1) is 6.61 Å². The lowest BCUT2D eigenvalue weighted by Gasteiger charge is -2.10. The van der Waals surface area contributed by atoms with E-state index in [0.717, 1.165) is 17.4 Å². The average molecular weight is 366 g/mol. The Balaban J connectivity index is 2.24. The highest BCUT2D eigenvalue weighted by Crippen LogP contribution is 2.41. The molecule has 1 heterocycles. The van der Waals surface area contributed by atoms with Crippen molar-refractivity contribution in [2.75, 3.05) is 6.61 Å². The number of carboxylic acids is 1. The van der Waals surface area contributed by atoms with E-state index in [0.29, 0.717) is 16.5 Å². The van der Waals surface area contributed by atoms with Crippen LogP contribution in [0.3, 0.4) is 0 Å². The van der Waals surface area contributed by atoms with Crippen molar-refractivity contribution in [2.24, 2.45) is 0 Å². The van der Waals surface area contributed by atoms with Crippen LogP contribution in [0, 0.1) is 17.5 Å². The summed E-state index contributed by atoms with van der Waals surface area (Å²) in [5, 5.41) is 9.76. The van der Waals surface area contributed by atoms with Gasteiger partial charge in [0.15, 0.2) is 11.6 Å². The first kappa shape index (κ1) is 17.3. The minimum absolute atomic E-state index is 0.0333. The smallest absolute Gasteiger partial charge is 0.346 e. The highest BCUT2D eigenvalue weighted by Gasteiger charge is 2.24. The van der Waals surface area contributed by atoms with Gasteiger partial charge in [-0.15, -0.1) is 11.3 Å². The number of fused-ring (bicyclic) bond motifs is 1. The van der Waals surface area contributed by atoms with Crippen LogP contribution in [0.1, 0.15) is 23.0 Å². The summed E-state index contributed by atoms with van der Waals surface area (Å²) in [6.07, 6.45) is 0.632. The topological polar surface area (TPSA) is 46.5 Å². The molecule has 130 valence electrons. The minimum atomic E-state index is -1.29. The summed E-state index contributed by atoms with van der Waals surface area (Å²) in [5.41, 5.74) is -0.164. The van der Waals surface area contributed by atoms with Crippen molar-refractivity contribution in [2.45, 2.75) is 13.3 Å². The Morgan fingerprint density at radius 1 is 1.16 bits per heavy atom. The lowest BCUT2D eigenvalue weighted by molar-refractivity contribution is 0.0703. The average Bonchev–Trinajstić information content (AvgIpc) is 2.95. The third-order valence-corrected chi connectivity index (χ3v) is 4.76. The SMILES string of the molecule is CCCOc1ccc(-c2c(C(=O)O)sc3cc(F)ccc23)c(F)c1F. The van der Waals surface area contributed by atoms with Gasteiger partial charge in [-0.2, -0.15) is 4.39 Å². The Bertz CT molecular complexity index is 966. The Morgan fingerprint density at radius 2 is 1.92 bits per heavy atom. The molecule has 0 amide bonds. The quantitative estimate of drug-likeness (QED) is 0.651. The molecule has 7 heteroatoms. The van der Waals surface area contributed by atoms with Crippen LogP contribution in [-0.4, -0.2) is 17.7 Å². The van der Waals surface area contributed by atoms with E-state index in [2.05, 4.69) is 0 Å². The molecule has 25 heavy (non-hydrogen) atoms. The van der Waals surface area contributed by atoms with E-state index in [1.54, 1.807) is 0 Å². The van der Waals surface area contributed by atoms with Crippen molar-refractivity contribution in [3.05, 3.63) is 52.7 Å². The third kappa shape index (κ3) is 3.07. The maximum absolute atomic E-state index is 14.6. The van der Waals surface area contributed by atoms with Gasteiger partial charge in [-0.05, 0) is 36.8 Å². The Hall–Kier alpha value is -2.54. The number of benzene rings is 2. The number of carboxylic acid groups (broad SMARTS) is 1. The number of ether oxygens (including phenoxy) is 1. The van der Waals surface area contributed by atoms with Crippen LogP contribution in [-0.2, 0) is 0 Å². The standard InChI is InChI=1S/C18H13F3O3S/c1-2-7-24-12-6-5-11(15(20)16(12)21)14-10-4-3-9(19)8-13(10)25-17(14)18(22)23/h3-6,8H,2,7H2,1H3,(H,22,23). The molecule has 0 atom stereocenters. The van der Waals surface area contributed by atoms with Crippen LogP contribution in [0.25, 0.3) is 21.2 Å². The predicted molar refractivity (Wildman–Crippen MR) is 89.9 cm³/mol. The van der Waals surface area contributed by atoms with Crippen LogP contribution >= 0.6 is 11.3 Å². The number of rotatable bonds is 5. The van der Waals surface area contributed by atoms with Gasteiger partial charge >= 0.3 is 5.97 Å². The number of carbonyl (C=O) groups is 1. The fourth-order valence-electron chi connectivity index (χ4n) is 2.54. The van der Waals surface area contributed by atoms with Gasteiger partial charge < -0.3 is 9.84 Å². The molecule has 0 spiro atoms. The first-order valence-corrected chi connectivity index (χ1v) is 8.32. The summed E-state index contributed by atoms with van der Waals surface area (Å²) in [4.78, 5) is 11.4. The maximum atomic E-state index is 14.6. The van der Waals surface area contributed by atoms with E-state index in [9.17, 15) is 23.1 Å². The summed E-state index contributed by atoms with van der Waals surface area (Å²) in [6, 6.07) is 6.23. The summed E-state index contributed by atoms with van der Waals surface area (Å²) >= 11 is 0.814. The molecule has 3 aromatic rings. The predicted octanol–water partition coefficient (Wildman–Crippen LogP) is 5.47. The van der Waals surface area contributed by atoms with Gasteiger partial charge in [0, 0.05) is 21.2 Å².